The molecule has 2 aromatic rings. The summed E-state index contributed by atoms with van der Waals surface area (Å²) in [6.07, 6.45) is 1.56. The van der Waals surface area contributed by atoms with Crippen LogP contribution in [-0.2, 0) is 10.0 Å². The molecule has 0 saturated heterocycles. The van der Waals surface area contributed by atoms with E-state index >= 15 is 0 Å². The first-order valence-corrected chi connectivity index (χ1v) is 6.52. The number of H-pyrrole nitrogens is 1. The quantitative estimate of drug-likeness (QED) is 0.859. The van der Waals surface area contributed by atoms with Gasteiger partial charge in [0.05, 0.1) is 6.20 Å². The van der Waals surface area contributed by atoms with Crippen LogP contribution in [0.25, 0.3) is 0 Å². The van der Waals surface area contributed by atoms with Crippen molar-refractivity contribution >= 4 is 27.2 Å². The monoisotopic (exact) mass is 243 g/mol. The van der Waals surface area contributed by atoms with Crippen LogP contribution in [0.4, 0.5) is 5.82 Å². The Bertz CT molecular complexity index is 542. The molecule has 0 radical (unpaired) electrons. The Kier molecular flexibility index (Phi) is 2.49. The number of hydrogen-bond acceptors (Lipinski definition) is 4. The second-order valence-electron chi connectivity index (χ2n) is 2.97. The van der Waals surface area contributed by atoms with Crippen LogP contribution in [0.3, 0.4) is 0 Å². The van der Waals surface area contributed by atoms with Gasteiger partial charge in [-0.15, -0.1) is 11.3 Å². The van der Waals surface area contributed by atoms with E-state index in [4.69, 9.17) is 0 Å². The van der Waals surface area contributed by atoms with E-state index in [-0.39, 0.29) is 4.21 Å². The van der Waals surface area contributed by atoms with Gasteiger partial charge in [0.2, 0.25) is 0 Å². The minimum absolute atomic E-state index is 0.288. The number of aromatic nitrogens is 2. The van der Waals surface area contributed by atoms with Crippen LogP contribution in [0.15, 0.2) is 27.9 Å². The highest BCUT2D eigenvalue weighted by atomic mass is 32.2. The predicted molar refractivity (Wildman–Crippen MR) is 58.5 cm³/mol. The number of thiophene rings is 1. The van der Waals surface area contributed by atoms with Crippen molar-refractivity contribution in [2.75, 3.05) is 4.72 Å². The molecule has 0 unspecified atom stereocenters. The van der Waals surface area contributed by atoms with E-state index in [1.807, 2.05) is 0 Å². The highest BCUT2D eigenvalue weighted by Crippen LogP contribution is 2.20. The third-order valence-electron chi connectivity index (χ3n) is 1.83. The lowest BCUT2D eigenvalue weighted by molar-refractivity contribution is 0.603. The lowest BCUT2D eigenvalue weighted by Gasteiger charge is -2.03. The molecule has 80 valence electrons. The largest absolute Gasteiger partial charge is 0.272 e. The van der Waals surface area contributed by atoms with E-state index in [1.165, 1.54) is 11.3 Å². The van der Waals surface area contributed by atoms with Crippen molar-refractivity contribution in [1.82, 2.24) is 10.2 Å². The Labute approximate surface area is 91.2 Å². The standard InChI is InChI=1S/C8H9N3O2S2/c1-6-5-9-10-8(6)11-15(12,13)7-3-2-4-14-7/h2-5H,1H3,(H2,9,10,11). The number of aromatic amines is 1. The van der Waals surface area contributed by atoms with Crippen molar-refractivity contribution in [3.05, 3.63) is 29.3 Å². The van der Waals surface area contributed by atoms with Gasteiger partial charge in [-0.1, -0.05) is 6.07 Å². The van der Waals surface area contributed by atoms with Gasteiger partial charge in [0, 0.05) is 5.56 Å². The maximum Gasteiger partial charge on any atom is 0.272 e. The fourth-order valence-electron chi connectivity index (χ4n) is 1.05. The van der Waals surface area contributed by atoms with Crippen molar-refractivity contribution in [1.29, 1.82) is 0 Å². The van der Waals surface area contributed by atoms with Crippen molar-refractivity contribution in [3.63, 3.8) is 0 Å². The van der Waals surface area contributed by atoms with Crippen LogP contribution in [0.1, 0.15) is 5.56 Å². The van der Waals surface area contributed by atoms with E-state index in [1.54, 1.807) is 30.6 Å². The minimum atomic E-state index is -3.47. The summed E-state index contributed by atoms with van der Waals surface area (Å²) >= 11 is 1.17. The van der Waals surface area contributed by atoms with Crippen molar-refractivity contribution in [2.24, 2.45) is 0 Å². The smallest absolute Gasteiger partial charge is 0.263 e. The zero-order valence-electron chi connectivity index (χ0n) is 7.89. The van der Waals surface area contributed by atoms with Gasteiger partial charge in [-0.25, -0.2) is 8.42 Å². The van der Waals surface area contributed by atoms with Crippen LogP contribution in [0.2, 0.25) is 0 Å². The first kappa shape index (κ1) is 10.2. The number of nitrogens with one attached hydrogen (secondary N) is 2. The van der Waals surface area contributed by atoms with E-state index < -0.39 is 10.0 Å². The summed E-state index contributed by atoms with van der Waals surface area (Å²) in [7, 11) is -3.47. The summed E-state index contributed by atoms with van der Waals surface area (Å²) in [6.45, 7) is 1.77. The first-order chi connectivity index (χ1) is 7.09. The van der Waals surface area contributed by atoms with Crippen LogP contribution in [0.5, 0.6) is 0 Å². The number of sulfonamides is 1. The molecule has 2 heterocycles. The minimum Gasteiger partial charge on any atom is -0.263 e. The third kappa shape index (κ3) is 2.02. The Hall–Kier alpha value is -1.34. The molecule has 0 bridgehead atoms. The highest BCUT2D eigenvalue weighted by molar-refractivity contribution is 7.94. The molecular weight excluding hydrogens is 234 g/mol. The number of rotatable bonds is 3. The fourth-order valence-corrected chi connectivity index (χ4v) is 3.13. The highest BCUT2D eigenvalue weighted by Gasteiger charge is 2.16. The Morgan fingerprint density at radius 1 is 1.53 bits per heavy atom. The van der Waals surface area contributed by atoms with Gasteiger partial charge in [0.25, 0.3) is 10.0 Å². The number of nitrogens with zero attached hydrogens (tertiary/aromatic N) is 1. The van der Waals surface area contributed by atoms with E-state index in [9.17, 15) is 8.42 Å². The third-order valence-corrected chi connectivity index (χ3v) is 4.57. The SMILES string of the molecule is Cc1cn[nH]c1NS(=O)(=O)c1cccs1. The Morgan fingerprint density at radius 3 is 2.87 bits per heavy atom. The predicted octanol–water partition coefficient (Wildman–Crippen LogP) is 1.58. The molecule has 0 aromatic carbocycles. The summed E-state index contributed by atoms with van der Waals surface area (Å²) in [4.78, 5) is 0. The molecule has 2 rings (SSSR count). The lowest BCUT2D eigenvalue weighted by Crippen LogP contribution is -2.12. The van der Waals surface area contributed by atoms with Crippen LogP contribution < -0.4 is 4.72 Å². The van der Waals surface area contributed by atoms with Crippen molar-refractivity contribution in [2.45, 2.75) is 11.1 Å². The maximum atomic E-state index is 11.8. The Morgan fingerprint density at radius 2 is 2.33 bits per heavy atom. The molecule has 0 amide bonds. The summed E-state index contributed by atoms with van der Waals surface area (Å²) < 4.78 is 26.3. The number of hydrogen-bond donors (Lipinski definition) is 2. The van der Waals surface area contributed by atoms with Gasteiger partial charge in [0.1, 0.15) is 10.0 Å². The molecule has 2 aromatic heterocycles. The molecule has 0 spiro atoms. The van der Waals surface area contributed by atoms with E-state index in [0.717, 1.165) is 5.56 Å². The van der Waals surface area contributed by atoms with Gasteiger partial charge in [0.15, 0.2) is 0 Å². The molecule has 5 nitrogen and oxygen atoms in total. The number of anilines is 1. The average molecular weight is 243 g/mol. The maximum absolute atomic E-state index is 11.8. The van der Waals surface area contributed by atoms with Gasteiger partial charge in [-0.3, -0.25) is 9.82 Å². The second-order valence-corrected chi connectivity index (χ2v) is 5.82. The summed E-state index contributed by atoms with van der Waals surface area (Å²) in [5.74, 6) is 0.406. The van der Waals surface area contributed by atoms with Gasteiger partial charge >= 0.3 is 0 Å². The fraction of sp³-hybridized carbons (Fsp3) is 0.125. The molecule has 0 aliphatic carbocycles. The van der Waals surface area contributed by atoms with E-state index in [2.05, 4.69) is 14.9 Å². The average Bonchev–Trinajstić information content (AvgIpc) is 2.77. The molecule has 7 heteroatoms. The summed E-state index contributed by atoms with van der Waals surface area (Å²) in [5.41, 5.74) is 0.759. The van der Waals surface area contributed by atoms with Gasteiger partial charge in [-0.05, 0) is 18.4 Å². The normalized spacial score (nSPS) is 11.5. The van der Waals surface area contributed by atoms with Crippen molar-refractivity contribution in [3.8, 4) is 0 Å². The zero-order chi connectivity index (χ0) is 10.9. The summed E-state index contributed by atoms with van der Waals surface area (Å²) in [6, 6.07) is 3.25. The topological polar surface area (TPSA) is 74.8 Å². The molecule has 2 N–H and O–H groups in total. The molecule has 0 fully saturated rings. The second kappa shape index (κ2) is 3.67. The number of aryl methyl sites for hydroxylation is 1. The van der Waals surface area contributed by atoms with Gasteiger partial charge < -0.3 is 0 Å². The first-order valence-electron chi connectivity index (χ1n) is 4.16. The van der Waals surface area contributed by atoms with Crippen LogP contribution in [-0.4, -0.2) is 18.6 Å². The van der Waals surface area contributed by atoms with Gasteiger partial charge in [-0.2, -0.15) is 5.10 Å². The van der Waals surface area contributed by atoms with Crippen LogP contribution in [0, 0.1) is 6.92 Å². The molecule has 15 heavy (non-hydrogen) atoms. The molecule has 0 aliphatic heterocycles. The zero-order valence-corrected chi connectivity index (χ0v) is 9.52. The molecule has 0 saturated carbocycles. The molecular formula is C8H9N3O2S2. The molecule has 0 aliphatic rings. The van der Waals surface area contributed by atoms with Crippen molar-refractivity contribution < 1.29 is 8.42 Å². The molecule has 0 atom stereocenters. The summed E-state index contributed by atoms with van der Waals surface area (Å²) in [5, 5.41) is 8.04. The van der Waals surface area contributed by atoms with E-state index in [0.29, 0.717) is 5.82 Å². The van der Waals surface area contributed by atoms with Crippen LogP contribution >= 0.6 is 11.3 Å². The Balaban J connectivity index is 2.31. The lowest BCUT2D eigenvalue weighted by atomic mass is 10.4.